The number of nitrogens with zero attached hydrogens (tertiary/aromatic N) is 1. The van der Waals surface area contributed by atoms with Gasteiger partial charge in [-0.1, -0.05) is 6.07 Å². The van der Waals surface area contributed by atoms with E-state index in [1.807, 2.05) is 13.0 Å². The van der Waals surface area contributed by atoms with Gasteiger partial charge in [0.1, 0.15) is 0 Å². The lowest BCUT2D eigenvalue weighted by Gasteiger charge is -2.11. The Bertz CT molecular complexity index is 706. The van der Waals surface area contributed by atoms with Gasteiger partial charge in [0.2, 0.25) is 0 Å². The van der Waals surface area contributed by atoms with Crippen LogP contribution in [0.1, 0.15) is 26.3 Å². The molecule has 0 spiro atoms. The van der Waals surface area contributed by atoms with E-state index in [0.717, 1.165) is 5.56 Å². The Balaban J connectivity index is 2.16. The molecule has 5 heteroatoms. The predicted molar refractivity (Wildman–Crippen MR) is 88.0 cm³/mol. The lowest BCUT2D eigenvalue weighted by molar-refractivity contribution is 0.0827. The number of amides is 2. The highest BCUT2D eigenvalue weighted by Crippen LogP contribution is 2.19. The zero-order valence-corrected chi connectivity index (χ0v) is 12.9. The molecule has 3 N–H and O–H groups in total. The fourth-order valence-electron chi connectivity index (χ4n) is 1.99. The van der Waals surface area contributed by atoms with Gasteiger partial charge in [-0.25, -0.2) is 0 Å². The maximum absolute atomic E-state index is 12.2. The molecule has 2 aromatic rings. The Hall–Kier alpha value is -2.82. The van der Waals surface area contributed by atoms with Gasteiger partial charge in [0.05, 0.1) is 0 Å². The second-order valence-electron chi connectivity index (χ2n) is 5.31. The summed E-state index contributed by atoms with van der Waals surface area (Å²) >= 11 is 0. The van der Waals surface area contributed by atoms with Crippen LogP contribution in [0.25, 0.3) is 0 Å². The van der Waals surface area contributed by atoms with Crippen molar-refractivity contribution >= 4 is 23.2 Å². The minimum absolute atomic E-state index is 0.0985. The maximum Gasteiger partial charge on any atom is 0.255 e. The molecule has 114 valence electrons. The largest absolute Gasteiger partial charge is 0.399 e. The van der Waals surface area contributed by atoms with E-state index < -0.39 is 0 Å². The number of hydrogen-bond donors (Lipinski definition) is 2. The molecule has 0 radical (unpaired) electrons. The highest BCUT2D eigenvalue weighted by atomic mass is 16.2. The van der Waals surface area contributed by atoms with Crippen molar-refractivity contribution in [1.29, 1.82) is 0 Å². The molecule has 0 fully saturated rings. The van der Waals surface area contributed by atoms with Crippen LogP contribution in [0.15, 0.2) is 42.5 Å². The van der Waals surface area contributed by atoms with Crippen LogP contribution in [-0.4, -0.2) is 30.8 Å². The van der Waals surface area contributed by atoms with Crippen molar-refractivity contribution in [3.05, 3.63) is 59.2 Å². The molecule has 22 heavy (non-hydrogen) atoms. The smallest absolute Gasteiger partial charge is 0.255 e. The van der Waals surface area contributed by atoms with Gasteiger partial charge in [-0.05, 0) is 48.9 Å². The third kappa shape index (κ3) is 3.44. The van der Waals surface area contributed by atoms with Crippen LogP contribution in [0.2, 0.25) is 0 Å². The second kappa shape index (κ2) is 6.30. The van der Waals surface area contributed by atoms with Crippen LogP contribution in [-0.2, 0) is 0 Å². The number of rotatable bonds is 3. The normalized spacial score (nSPS) is 10.1. The van der Waals surface area contributed by atoms with E-state index in [9.17, 15) is 9.59 Å². The summed E-state index contributed by atoms with van der Waals surface area (Å²) in [5, 5.41) is 2.82. The number of aryl methyl sites for hydroxylation is 1. The Morgan fingerprint density at radius 3 is 2.18 bits per heavy atom. The zero-order chi connectivity index (χ0) is 16.3. The monoisotopic (exact) mass is 297 g/mol. The predicted octanol–water partition coefficient (Wildman–Crippen LogP) is 2.53. The van der Waals surface area contributed by atoms with E-state index in [1.165, 1.54) is 4.90 Å². The molecular formula is C17H19N3O2. The summed E-state index contributed by atoms with van der Waals surface area (Å²) in [6, 6.07) is 11.9. The minimum atomic E-state index is -0.238. The van der Waals surface area contributed by atoms with Gasteiger partial charge in [-0.3, -0.25) is 9.59 Å². The highest BCUT2D eigenvalue weighted by Gasteiger charge is 2.11. The zero-order valence-electron chi connectivity index (χ0n) is 12.9. The molecule has 0 bridgehead atoms. The highest BCUT2D eigenvalue weighted by molar-refractivity contribution is 6.05. The molecule has 0 aliphatic carbocycles. The molecule has 0 aliphatic heterocycles. The molecule has 0 atom stereocenters. The van der Waals surface area contributed by atoms with E-state index >= 15 is 0 Å². The molecule has 2 rings (SSSR count). The molecule has 0 aliphatic rings. The third-order valence-electron chi connectivity index (χ3n) is 3.31. The topological polar surface area (TPSA) is 75.4 Å². The van der Waals surface area contributed by atoms with Crippen LogP contribution < -0.4 is 11.1 Å². The average molecular weight is 297 g/mol. The van der Waals surface area contributed by atoms with Crippen molar-refractivity contribution in [3.63, 3.8) is 0 Å². The van der Waals surface area contributed by atoms with Crippen LogP contribution in [0, 0.1) is 6.92 Å². The fourth-order valence-corrected chi connectivity index (χ4v) is 1.99. The first kappa shape index (κ1) is 15.6. The number of nitrogen functional groups attached to an aromatic ring is 1. The van der Waals surface area contributed by atoms with E-state index in [1.54, 1.807) is 50.5 Å². The van der Waals surface area contributed by atoms with Crippen molar-refractivity contribution in [2.75, 3.05) is 25.1 Å². The number of hydrogen-bond acceptors (Lipinski definition) is 3. The SMILES string of the molecule is Cc1ccc(N)cc1NC(=O)c1ccc(C(=O)N(C)C)cc1. The van der Waals surface area contributed by atoms with Gasteiger partial charge < -0.3 is 16.0 Å². The summed E-state index contributed by atoms with van der Waals surface area (Å²) < 4.78 is 0. The van der Waals surface area contributed by atoms with Crippen molar-refractivity contribution in [3.8, 4) is 0 Å². The summed E-state index contributed by atoms with van der Waals surface area (Å²) in [4.78, 5) is 25.5. The summed E-state index contributed by atoms with van der Waals surface area (Å²) in [6.07, 6.45) is 0. The number of nitrogens with two attached hydrogens (primary N) is 1. The Morgan fingerprint density at radius 2 is 1.59 bits per heavy atom. The summed E-state index contributed by atoms with van der Waals surface area (Å²) in [5.74, 6) is -0.337. The van der Waals surface area contributed by atoms with Gasteiger partial charge >= 0.3 is 0 Å². The summed E-state index contributed by atoms with van der Waals surface area (Å²) in [6.45, 7) is 1.90. The molecule has 5 nitrogen and oxygen atoms in total. The molecular weight excluding hydrogens is 278 g/mol. The first-order chi connectivity index (χ1) is 10.4. The third-order valence-corrected chi connectivity index (χ3v) is 3.31. The van der Waals surface area contributed by atoms with Crippen molar-refractivity contribution < 1.29 is 9.59 Å². The van der Waals surface area contributed by atoms with E-state index in [-0.39, 0.29) is 11.8 Å². The minimum Gasteiger partial charge on any atom is -0.399 e. The average Bonchev–Trinajstić information content (AvgIpc) is 2.50. The van der Waals surface area contributed by atoms with E-state index in [0.29, 0.717) is 22.5 Å². The maximum atomic E-state index is 12.2. The van der Waals surface area contributed by atoms with Gasteiger partial charge in [0.15, 0.2) is 0 Å². The summed E-state index contributed by atoms with van der Waals surface area (Å²) in [7, 11) is 3.37. The second-order valence-corrected chi connectivity index (χ2v) is 5.31. The lowest BCUT2D eigenvalue weighted by Crippen LogP contribution is -2.21. The Kier molecular flexibility index (Phi) is 4.46. The van der Waals surface area contributed by atoms with Gasteiger partial charge in [0, 0.05) is 36.6 Å². The van der Waals surface area contributed by atoms with Crippen LogP contribution in [0.3, 0.4) is 0 Å². The molecule has 0 saturated carbocycles. The Morgan fingerprint density at radius 1 is 1.00 bits per heavy atom. The van der Waals surface area contributed by atoms with Crippen molar-refractivity contribution in [2.24, 2.45) is 0 Å². The van der Waals surface area contributed by atoms with Gasteiger partial charge in [0.25, 0.3) is 11.8 Å². The van der Waals surface area contributed by atoms with Crippen molar-refractivity contribution in [1.82, 2.24) is 4.90 Å². The lowest BCUT2D eigenvalue weighted by atomic mass is 10.1. The molecule has 0 saturated heterocycles. The van der Waals surface area contributed by atoms with Crippen LogP contribution >= 0.6 is 0 Å². The number of nitrogens with one attached hydrogen (secondary N) is 1. The van der Waals surface area contributed by atoms with Gasteiger partial charge in [-0.15, -0.1) is 0 Å². The first-order valence-electron chi connectivity index (χ1n) is 6.87. The molecule has 2 amide bonds. The van der Waals surface area contributed by atoms with Crippen LogP contribution in [0.4, 0.5) is 11.4 Å². The number of benzene rings is 2. The quantitative estimate of drug-likeness (QED) is 0.855. The van der Waals surface area contributed by atoms with Crippen LogP contribution in [0.5, 0.6) is 0 Å². The number of carbonyl (C=O) groups is 2. The molecule has 0 unspecified atom stereocenters. The Labute approximate surface area is 129 Å². The number of anilines is 2. The van der Waals surface area contributed by atoms with Crippen molar-refractivity contribution in [2.45, 2.75) is 6.92 Å². The summed E-state index contributed by atoms with van der Waals surface area (Å²) in [5.41, 5.74) is 8.96. The number of carbonyl (C=O) groups excluding carboxylic acids is 2. The van der Waals surface area contributed by atoms with Gasteiger partial charge in [-0.2, -0.15) is 0 Å². The van der Waals surface area contributed by atoms with E-state index in [4.69, 9.17) is 5.73 Å². The molecule has 2 aromatic carbocycles. The first-order valence-corrected chi connectivity index (χ1v) is 6.87. The van der Waals surface area contributed by atoms with E-state index in [2.05, 4.69) is 5.32 Å². The molecule has 0 heterocycles. The standard InChI is InChI=1S/C17H19N3O2/c1-11-4-9-14(18)10-15(11)19-16(21)12-5-7-13(8-6-12)17(22)20(2)3/h4-10H,18H2,1-3H3,(H,19,21). The molecule has 0 aromatic heterocycles. The fraction of sp³-hybridized carbons (Fsp3) is 0.176.